The average molecular weight is 421 g/mol. The normalized spacial score (nSPS) is 21.0. The number of aliphatic hydroxyl groups is 1. The molecule has 0 radical (unpaired) electrons. The van der Waals surface area contributed by atoms with Gasteiger partial charge in [0, 0.05) is 22.0 Å². The molecule has 3 aromatic rings. The summed E-state index contributed by atoms with van der Waals surface area (Å²) in [6.07, 6.45) is 2.02. The highest BCUT2D eigenvalue weighted by Gasteiger charge is 2.44. The molecule has 0 amide bonds. The van der Waals surface area contributed by atoms with Crippen LogP contribution in [0.4, 0.5) is 11.4 Å². The van der Waals surface area contributed by atoms with Gasteiger partial charge in [-0.05, 0) is 49.4 Å². The number of aliphatic imine (C=N–C) groups is 1. The van der Waals surface area contributed by atoms with Crippen LogP contribution in [0, 0.1) is 0 Å². The number of nitrogens with zero attached hydrogens (tertiary/aromatic N) is 2. The Morgan fingerprint density at radius 3 is 2.28 bits per heavy atom. The van der Waals surface area contributed by atoms with E-state index in [1.165, 1.54) is 0 Å². The van der Waals surface area contributed by atoms with E-state index in [0.717, 1.165) is 27.7 Å². The van der Waals surface area contributed by atoms with Crippen molar-refractivity contribution < 1.29 is 5.11 Å². The zero-order chi connectivity index (χ0) is 20.3. The van der Waals surface area contributed by atoms with Crippen molar-refractivity contribution in [1.82, 2.24) is 0 Å². The maximum absolute atomic E-state index is 11.7. The highest BCUT2D eigenvalue weighted by molar-refractivity contribution is 8.03. The van der Waals surface area contributed by atoms with E-state index in [1.807, 2.05) is 103 Å². The van der Waals surface area contributed by atoms with Gasteiger partial charge < -0.3 is 10.0 Å². The summed E-state index contributed by atoms with van der Waals surface area (Å²) in [5.74, 6) is 0.534. The van der Waals surface area contributed by atoms with Crippen LogP contribution in [0.5, 0.6) is 0 Å². The molecule has 3 nitrogen and oxygen atoms in total. The number of benzene rings is 3. The van der Waals surface area contributed by atoms with Crippen LogP contribution in [-0.4, -0.2) is 16.6 Å². The first kappa shape index (κ1) is 19.8. The highest BCUT2D eigenvalue weighted by Crippen LogP contribution is 2.47. The molecule has 1 atom stereocenters. The lowest BCUT2D eigenvalue weighted by molar-refractivity contribution is 0.0721. The second-order valence-electron chi connectivity index (χ2n) is 6.85. The summed E-state index contributed by atoms with van der Waals surface area (Å²) in [6, 6.07) is 27.2. The third kappa shape index (κ3) is 4.25. The van der Waals surface area contributed by atoms with Crippen LogP contribution in [0.15, 0.2) is 101 Å². The fourth-order valence-electron chi connectivity index (χ4n) is 3.36. The lowest BCUT2D eigenvalue weighted by atomic mass is 10.0. The molecule has 1 heterocycles. The fourth-order valence-corrected chi connectivity index (χ4v) is 4.77. The number of hydrogen-bond donors (Lipinski definition) is 1. The van der Waals surface area contributed by atoms with E-state index in [-0.39, 0.29) is 0 Å². The Kier molecular flexibility index (Phi) is 5.76. The Hall–Kier alpha value is -2.53. The standard InChI is InChI=1S/C24H21ClN2OS/c1-18(26-21-14-12-20(25)13-15-21)16-23-27(22-10-6-3-7-11-22)24(28,17-29-23)19-8-4-2-5-9-19/h2-16,28H,17H2,1H3/b23-16+,26-18?/t24-/m1/s1. The minimum Gasteiger partial charge on any atom is -0.366 e. The monoisotopic (exact) mass is 420 g/mol. The van der Waals surface area contributed by atoms with Crippen LogP contribution in [0.3, 0.4) is 0 Å². The molecule has 5 heteroatoms. The minimum absolute atomic E-state index is 0.534. The number of thioether (sulfide) groups is 1. The SMILES string of the molecule is CC(/C=C1/SC[C@@](O)(c2ccccc2)N1c1ccccc1)=Nc1ccc(Cl)cc1. The Balaban J connectivity index is 1.74. The maximum Gasteiger partial charge on any atom is 0.178 e. The first-order valence-electron chi connectivity index (χ1n) is 9.35. The van der Waals surface area contributed by atoms with E-state index in [9.17, 15) is 5.11 Å². The molecule has 4 rings (SSSR count). The van der Waals surface area contributed by atoms with Gasteiger partial charge in [0.2, 0.25) is 0 Å². The van der Waals surface area contributed by atoms with Crippen LogP contribution in [-0.2, 0) is 5.72 Å². The summed E-state index contributed by atoms with van der Waals surface area (Å²) in [4.78, 5) is 6.67. The van der Waals surface area contributed by atoms with Gasteiger partial charge >= 0.3 is 0 Å². The molecule has 0 aliphatic carbocycles. The van der Waals surface area contributed by atoms with Gasteiger partial charge in [-0.25, -0.2) is 0 Å². The summed E-state index contributed by atoms with van der Waals surface area (Å²) in [6.45, 7) is 1.96. The van der Waals surface area contributed by atoms with E-state index in [2.05, 4.69) is 4.99 Å². The van der Waals surface area contributed by atoms with Gasteiger partial charge in [0.1, 0.15) is 0 Å². The lowest BCUT2D eigenvalue weighted by Crippen LogP contribution is -2.42. The number of allylic oxidation sites excluding steroid dienone is 1. The third-order valence-corrected chi connectivity index (χ3v) is 6.12. The highest BCUT2D eigenvalue weighted by atomic mass is 35.5. The van der Waals surface area contributed by atoms with Crippen molar-refractivity contribution in [2.24, 2.45) is 4.99 Å². The Bertz CT molecular complexity index is 1040. The summed E-state index contributed by atoms with van der Waals surface area (Å²) < 4.78 is 0. The summed E-state index contributed by atoms with van der Waals surface area (Å²) in [5.41, 5.74) is 2.38. The fraction of sp³-hybridized carbons (Fsp3) is 0.125. The Morgan fingerprint density at radius 1 is 1.00 bits per heavy atom. The van der Waals surface area contributed by atoms with E-state index in [0.29, 0.717) is 10.8 Å². The van der Waals surface area contributed by atoms with Gasteiger partial charge in [-0.1, -0.05) is 60.1 Å². The summed E-state index contributed by atoms with van der Waals surface area (Å²) >= 11 is 7.59. The second-order valence-corrected chi connectivity index (χ2v) is 8.29. The quantitative estimate of drug-likeness (QED) is 0.498. The van der Waals surface area contributed by atoms with Crippen molar-refractivity contribution in [3.63, 3.8) is 0 Å². The van der Waals surface area contributed by atoms with Gasteiger partial charge in [0.05, 0.1) is 16.5 Å². The zero-order valence-corrected chi connectivity index (χ0v) is 17.6. The second kappa shape index (κ2) is 8.46. The molecule has 0 bridgehead atoms. The van der Waals surface area contributed by atoms with E-state index >= 15 is 0 Å². The van der Waals surface area contributed by atoms with Crippen LogP contribution >= 0.6 is 23.4 Å². The minimum atomic E-state index is -1.13. The smallest absolute Gasteiger partial charge is 0.178 e. The van der Waals surface area contributed by atoms with Crippen molar-refractivity contribution in [2.75, 3.05) is 10.7 Å². The van der Waals surface area contributed by atoms with Crippen LogP contribution < -0.4 is 4.90 Å². The van der Waals surface area contributed by atoms with Gasteiger partial charge in [0.15, 0.2) is 5.72 Å². The van der Waals surface area contributed by atoms with Crippen molar-refractivity contribution in [1.29, 1.82) is 0 Å². The van der Waals surface area contributed by atoms with Gasteiger partial charge in [-0.3, -0.25) is 4.99 Å². The van der Waals surface area contributed by atoms with Crippen LogP contribution in [0.2, 0.25) is 5.02 Å². The number of rotatable bonds is 4. The predicted octanol–water partition coefficient (Wildman–Crippen LogP) is 6.37. The molecule has 1 saturated heterocycles. The van der Waals surface area contributed by atoms with Crippen molar-refractivity contribution in [3.05, 3.63) is 107 Å². The number of hydrogen-bond acceptors (Lipinski definition) is 4. The van der Waals surface area contributed by atoms with Crippen molar-refractivity contribution in [3.8, 4) is 0 Å². The van der Waals surface area contributed by atoms with E-state index < -0.39 is 5.72 Å². The topological polar surface area (TPSA) is 35.8 Å². The molecule has 146 valence electrons. The number of para-hydroxylation sites is 1. The zero-order valence-electron chi connectivity index (χ0n) is 16.0. The number of anilines is 1. The number of halogens is 1. The van der Waals surface area contributed by atoms with Crippen molar-refractivity contribution >= 4 is 40.4 Å². The van der Waals surface area contributed by atoms with E-state index in [4.69, 9.17) is 11.6 Å². The molecule has 1 N–H and O–H groups in total. The van der Waals surface area contributed by atoms with Gasteiger partial charge in [-0.2, -0.15) is 0 Å². The van der Waals surface area contributed by atoms with E-state index in [1.54, 1.807) is 11.8 Å². The van der Waals surface area contributed by atoms with Gasteiger partial charge in [0.25, 0.3) is 0 Å². The largest absolute Gasteiger partial charge is 0.366 e. The first-order valence-corrected chi connectivity index (χ1v) is 10.7. The first-order chi connectivity index (χ1) is 14.1. The lowest BCUT2D eigenvalue weighted by Gasteiger charge is -2.35. The predicted molar refractivity (Wildman–Crippen MR) is 124 cm³/mol. The van der Waals surface area contributed by atoms with Crippen LogP contribution in [0.1, 0.15) is 12.5 Å². The molecule has 1 aliphatic rings. The maximum atomic E-state index is 11.7. The third-order valence-electron chi connectivity index (χ3n) is 4.73. The van der Waals surface area contributed by atoms with Gasteiger partial charge in [-0.15, -0.1) is 11.8 Å². The summed E-state index contributed by atoms with van der Waals surface area (Å²) in [7, 11) is 0. The Morgan fingerprint density at radius 2 is 1.62 bits per heavy atom. The molecular formula is C24H21ClN2OS. The molecule has 0 unspecified atom stereocenters. The molecule has 29 heavy (non-hydrogen) atoms. The molecule has 1 fully saturated rings. The molecule has 0 aromatic heterocycles. The molecule has 0 saturated carbocycles. The average Bonchev–Trinajstić information content (AvgIpc) is 3.08. The Labute approximate surface area is 180 Å². The van der Waals surface area contributed by atoms with Crippen molar-refractivity contribution in [2.45, 2.75) is 12.6 Å². The molecule has 0 spiro atoms. The molecule has 1 aliphatic heterocycles. The van der Waals surface area contributed by atoms with Crippen LogP contribution in [0.25, 0.3) is 0 Å². The summed E-state index contributed by atoms with van der Waals surface area (Å²) in [5, 5.41) is 13.3. The molecular weight excluding hydrogens is 400 g/mol. The molecule has 3 aromatic carbocycles.